The number of hydrogen-bond donors (Lipinski definition) is 1. The van der Waals surface area contributed by atoms with E-state index in [0.717, 1.165) is 29.6 Å². The average Bonchev–Trinajstić information content (AvgIpc) is 2.76. The van der Waals surface area contributed by atoms with Gasteiger partial charge < -0.3 is 9.72 Å². The lowest BCUT2D eigenvalue weighted by molar-refractivity contribution is 0.282. The van der Waals surface area contributed by atoms with Gasteiger partial charge in [0.05, 0.1) is 6.61 Å². The lowest BCUT2D eigenvalue weighted by atomic mass is 10.1. The number of halogens is 1. The molecule has 0 aliphatic rings. The summed E-state index contributed by atoms with van der Waals surface area (Å²) in [7, 11) is 0. The average molecular weight is 296 g/mol. The second kappa shape index (κ2) is 6.10. The van der Waals surface area contributed by atoms with Crippen molar-refractivity contribution in [2.45, 2.75) is 19.8 Å². The fourth-order valence-electron chi connectivity index (χ4n) is 1.83. The van der Waals surface area contributed by atoms with Crippen LogP contribution in [0.15, 0.2) is 30.5 Å². The van der Waals surface area contributed by atoms with Gasteiger partial charge >= 0.3 is 0 Å². The first kappa shape index (κ1) is 12.5. The van der Waals surface area contributed by atoms with E-state index in [1.807, 2.05) is 12.3 Å². The Balaban J connectivity index is 1.86. The summed E-state index contributed by atoms with van der Waals surface area (Å²) in [6.07, 6.45) is 4.27. The summed E-state index contributed by atoms with van der Waals surface area (Å²) < 4.78 is 5.77. The number of ether oxygens (including phenoxy) is 1. The van der Waals surface area contributed by atoms with Crippen LogP contribution in [0.5, 0.6) is 5.75 Å². The number of aromatic amines is 1. The molecule has 1 N–H and O–H groups in total. The van der Waals surface area contributed by atoms with E-state index >= 15 is 0 Å². The van der Waals surface area contributed by atoms with Crippen molar-refractivity contribution in [2.24, 2.45) is 5.92 Å². The molecule has 0 spiro atoms. The van der Waals surface area contributed by atoms with Gasteiger partial charge in [0.15, 0.2) is 0 Å². The molecule has 0 unspecified atom stereocenters. The van der Waals surface area contributed by atoms with Crippen molar-refractivity contribution in [2.75, 3.05) is 11.9 Å². The Morgan fingerprint density at radius 2 is 2.18 bits per heavy atom. The zero-order valence-electron chi connectivity index (χ0n) is 10.1. The maximum Gasteiger partial charge on any atom is 0.120 e. The quantitative estimate of drug-likeness (QED) is 0.787. The molecule has 0 radical (unpaired) electrons. The Labute approximate surface area is 110 Å². The van der Waals surface area contributed by atoms with E-state index in [0.29, 0.717) is 5.92 Å². The van der Waals surface area contributed by atoms with Crippen LogP contribution in [0.2, 0.25) is 0 Å². The summed E-state index contributed by atoms with van der Waals surface area (Å²) in [6, 6.07) is 8.23. The minimum Gasteiger partial charge on any atom is -0.494 e. The predicted molar refractivity (Wildman–Crippen MR) is 76.0 cm³/mol. The van der Waals surface area contributed by atoms with Crippen molar-refractivity contribution in [3.05, 3.63) is 30.5 Å². The molecule has 92 valence electrons. The Bertz CT molecular complexity index is 466. The highest BCUT2D eigenvalue weighted by molar-refractivity contribution is 9.09. The number of alkyl halides is 1. The van der Waals surface area contributed by atoms with Crippen LogP contribution >= 0.6 is 15.9 Å². The molecule has 2 rings (SSSR count). The Morgan fingerprint density at radius 3 is 3.00 bits per heavy atom. The molecule has 1 aromatic heterocycles. The van der Waals surface area contributed by atoms with E-state index in [1.165, 1.54) is 11.8 Å². The van der Waals surface area contributed by atoms with Gasteiger partial charge in [-0.2, -0.15) is 0 Å². The molecule has 0 aliphatic carbocycles. The fourth-order valence-corrected chi connectivity index (χ4v) is 2.61. The Kier molecular flexibility index (Phi) is 4.49. The Hall–Kier alpha value is -0.960. The van der Waals surface area contributed by atoms with Gasteiger partial charge in [0.2, 0.25) is 0 Å². The SMILES string of the molecule is C[C@H](CCBr)CCOc1ccc2[nH]ccc2c1. The monoisotopic (exact) mass is 295 g/mol. The number of nitrogens with one attached hydrogen (secondary N) is 1. The minimum atomic E-state index is 0.713. The van der Waals surface area contributed by atoms with E-state index < -0.39 is 0 Å². The lowest BCUT2D eigenvalue weighted by Crippen LogP contribution is -2.04. The van der Waals surface area contributed by atoms with Gasteiger partial charge in [0, 0.05) is 22.4 Å². The summed E-state index contributed by atoms with van der Waals surface area (Å²) in [6.45, 7) is 3.06. The molecule has 0 aliphatic heterocycles. The molecule has 0 saturated carbocycles. The van der Waals surface area contributed by atoms with Crippen molar-refractivity contribution in [1.29, 1.82) is 0 Å². The van der Waals surface area contributed by atoms with E-state index in [9.17, 15) is 0 Å². The maximum absolute atomic E-state index is 5.77. The van der Waals surface area contributed by atoms with Gasteiger partial charge in [0.1, 0.15) is 5.75 Å². The largest absolute Gasteiger partial charge is 0.494 e. The molecule has 3 heteroatoms. The summed E-state index contributed by atoms with van der Waals surface area (Å²) in [4.78, 5) is 3.18. The number of rotatable bonds is 6. The van der Waals surface area contributed by atoms with Crippen LogP contribution in [-0.2, 0) is 0 Å². The molecule has 0 saturated heterocycles. The zero-order valence-corrected chi connectivity index (χ0v) is 11.7. The van der Waals surface area contributed by atoms with Crippen molar-refractivity contribution < 1.29 is 4.74 Å². The Morgan fingerprint density at radius 1 is 1.29 bits per heavy atom. The molecular weight excluding hydrogens is 278 g/mol. The molecule has 2 aromatic rings. The topological polar surface area (TPSA) is 25.0 Å². The third-order valence-electron chi connectivity index (χ3n) is 3.01. The molecule has 0 fully saturated rings. The molecular formula is C14H18BrNO. The second-order valence-electron chi connectivity index (χ2n) is 4.45. The van der Waals surface area contributed by atoms with E-state index in [-0.39, 0.29) is 0 Å². The van der Waals surface area contributed by atoms with E-state index in [1.54, 1.807) is 0 Å². The van der Waals surface area contributed by atoms with Crippen LogP contribution in [0.25, 0.3) is 10.9 Å². The van der Waals surface area contributed by atoms with Crippen molar-refractivity contribution in [3.8, 4) is 5.75 Å². The second-order valence-corrected chi connectivity index (χ2v) is 5.24. The van der Waals surface area contributed by atoms with Gasteiger partial charge in [-0.3, -0.25) is 0 Å². The summed E-state index contributed by atoms with van der Waals surface area (Å²) in [5, 5.41) is 2.28. The van der Waals surface area contributed by atoms with Crippen LogP contribution in [0, 0.1) is 5.92 Å². The maximum atomic E-state index is 5.77. The van der Waals surface area contributed by atoms with Gasteiger partial charge in [0.25, 0.3) is 0 Å². The molecule has 17 heavy (non-hydrogen) atoms. The molecule has 0 bridgehead atoms. The highest BCUT2D eigenvalue weighted by Crippen LogP contribution is 2.20. The highest BCUT2D eigenvalue weighted by atomic mass is 79.9. The van der Waals surface area contributed by atoms with Crippen molar-refractivity contribution in [3.63, 3.8) is 0 Å². The van der Waals surface area contributed by atoms with Gasteiger partial charge in [-0.15, -0.1) is 0 Å². The number of aromatic nitrogens is 1. The molecule has 2 nitrogen and oxygen atoms in total. The van der Waals surface area contributed by atoms with Crippen molar-refractivity contribution in [1.82, 2.24) is 4.98 Å². The molecule has 1 heterocycles. The van der Waals surface area contributed by atoms with Crippen LogP contribution in [0.4, 0.5) is 0 Å². The smallest absolute Gasteiger partial charge is 0.120 e. The fraction of sp³-hybridized carbons (Fsp3) is 0.429. The number of H-pyrrole nitrogens is 1. The first-order valence-corrected chi connectivity index (χ1v) is 7.17. The van der Waals surface area contributed by atoms with Gasteiger partial charge in [-0.25, -0.2) is 0 Å². The zero-order chi connectivity index (χ0) is 12.1. The standard InChI is InChI=1S/C14H18BrNO/c1-11(4-7-15)6-9-17-13-2-3-14-12(10-13)5-8-16-14/h2-3,5,8,10-11,16H,4,6-7,9H2,1H3/t11-/m1/s1. The summed E-state index contributed by atoms with van der Waals surface area (Å²) in [5.74, 6) is 1.67. The third kappa shape index (κ3) is 3.50. The van der Waals surface area contributed by atoms with E-state index in [4.69, 9.17) is 4.74 Å². The lowest BCUT2D eigenvalue weighted by Gasteiger charge is -2.10. The third-order valence-corrected chi connectivity index (χ3v) is 3.46. The minimum absolute atomic E-state index is 0.713. The predicted octanol–water partition coefficient (Wildman–Crippen LogP) is 4.36. The van der Waals surface area contributed by atoms with E-state index in [2.05, 4.69) is 46.0 Å². The highest BCUT2D eigenvalue weighted by Gasteiger charge is 2.02. The molecule has 1 atom stereocenters. The van der Waals surface area contributed by atoms with Crippen molar-refractivity contribution >= 4 is 26.8 Å². The van der Waals surface area contributed by atoms with Crippen LogP contribution in [0.1, 0.15) is 19.8 Å². The van der Waals surface area contributed by atoms with Crippen LogP contribution in [0.3, 0.4) is 0 Å². The number of benzene rings is 1. The first-order valence-electron chi connectivity index (χ1n) is 6.05. The summed E-state index contributed by atoms with van der Waals surface area (Å²) >= 11 is 3.47. The van der Waals surface area contributed by atoms with Crippen LogP contribution < -0.4 is 4.74 Å². The normalized spacial score (nSPS) is 12.8. The van der Waals surface area contributed by atoms with Gasteiger partial charge in [-0.1, -0.05) is 22.9 Å². The summed E-state index contributed by atoms with van der Waals surface area (Å²) in [5.41, 5.74) is 1.16. The first-order chi connectivity index (χ1) is 8.29. The van der Waals surface area contributed by atoms with Crippen LogP contribution in [-0.4, -0.2) is 16.9 Å². The molecule has 1 aromatic carbocycles. The van der Waals surface area contributed by atoms with Gasteiger partial charge in [-0.05, 0) is 43.0 Å². The number of hydrogen-bond acceptors (Lipinski definition) is 1. The molecule has 0 amide bonds. The number of fused-ring (bicyclic) bond motifs is 1.